The summed E-state index contributed by atoms with van der Waals surface area (Å²) in [5.74, 6) is 0. The summed E-state index contributed by atoms with van der Waals surface area (Å²) < 4.78 is 0. The molecule has 0 aliphatic heterocycles. The van der Waals surface area contributed by atoms with E-state index in [0.29, 0.717) is 0 Å². The first-order chi connectivity index (χ1) is 18.7. The van der Waals surface area contributed by atoms with Crippen LogP contribution in [0.2, 0.25) is 0 Å². The maximum atomic E-state index is 4.80. The molecule has 2 nitrogen and oxygen atoms in total. The van der Waals surface area contributed by atoms with Crippen LogP contribution in [0.3, 0.4) is 0 Å². The second kappa shape index (κ2) is 13.2. The fourth-order valence-electron chi connectivity index (χ4n) is 5.00. The third kappa shape index (κ3) is 6.27. The molecule has 2 heterocycles. The fraction of sp³-hybridized carbons (Fsp3) is 0.0556. The van der Waals surface area contributed by atoms with E-state index in [9.17, 15) is 0 Å². The molecule has 0 saturated heterocycles. The smallest absolute Gasteiger partial charge is 0.0239 e. The van der Waals surface area contributed by atoms with Crippen LogP contribution in [-0.4, -0.2) is 9.97 Å². The number of pyridine rings is 2. The predicted octanol–water partition coefficient (Wildman–Crippen LogP) is 9.02. The molecule has 4 aromatic carbocycles. The van der Waals surface area contributed by atoms with Crippen LogP contribution in [0.1, 0.15) is 11.1 Å². The Balaban J connectivity index is 0.00000185. The van der Waals surface area contributed by atoms with E-state index >= 15 is 0 Å². The number of aromatic nitrogens is 2. The van der Waals surface area contributed by atoms with Gasteiger partial charge in [-0.3, -0.25) is 0 Å². The molecule has 0 aliphatic carbocycles. The SMILES string of the molecule is Cc1cc(C)cc(-c2c(-c3c[c-]c(-c4ccccn4)cc3)cccc2-c2ccc(-c3[c-]cccc3)nc2)c1.[Ir].[Ir]. The summed E-state index contributed by atoms with van der Waals surface area (Å²) in [4.78, 5) is 9.28. The third-order valence-electron chi connectivity index (χ3n) is 6.70. The van der Waals surface area contributed by atoms with Crippen LogP contribution in [0.15, 0.2) is 122 Å². The van der Waals surface area contributed by atoms with Gasteiger partial charge in [0.1, 0.15) is 0 Å². The van der Waals surface area contributed by atoms with Gasteiger partial charge in [0.15, 0.2) is 0 Å². The van der Waals surface area contributed by atoms with Crippen LogP contribution in [0, 0.1) is 26.0 Å². The van der Waals surface area contributed by atoms with Crippen LogP contribution < -0.4 is 0 Å². The molecule has 2 radical (unpaired) electrons. The summed E-state index contributed by atoms with van der Waals surface area (Å²) in [5, 5.41) is 0. The van der Waals surface area contributed by atoms with Crippen LogP contribution in [-0.2, 0) is 40.2 Å². The molecule has 4 heteroatoms. The molecule has 0 N–H and O–H groups in total. The largest absolute Gasteiger partial charge is 0.305 e. The summed E-state index contributed by atoms with van der Waals surface area (Å²) in [6.45, 7) is 4.31. The van der Waals surface area contributed by atoms with Crippen molar-refractivity contribution in [1.82, 2.24) is 9.97 Å². The number of hydrogen-bond donors (Lipinski definition) is 0. The monoisotopic (exact) mass is 872 g/mol. The number of nitrogens with zero attached hydrogens (tertiary/aromatic N) is 2. The number of aryl methyl sites for hydroxylation is 2. The molecular weight excluding hydrogens is 845 g/mol. The van der Waals surface area contributed by atoms with E-state index in [1.54, 1.807) is 0 Å². The van der Waals surface area contributed by atoms with Crippen molar-refractivity contribution in [3.05, 3.63) is 145 Å². The van der Waals surface area contributed by atoms with Crippen molar-refractivity contribution >= 4 is 0 Å². The molecule has 6 aromatic rings. The Morgan fingerprint density at radius 1 is 0.550 bits per heavy atom. The molecular formula is C36H26Ir2N2-2. The van der Waals surface area contributed by atoms with E-state index in [-0.39, 0.29) is 40.2 Å². The van der Waals surface area contributed by atoms with Gasteiger partial charge in [-0.25, -0.2) is 0 Å². The maximum absolute atomic E-state index is 4.80. The minimum absolute atomic E-state index is 0. The molecule has 0 aliphatic rings. The summed E-state index contributed by atoms with van der Waals surface area (Å²) in [5.41, 5.74) is 13.2. The van der Waals surface area contributed by atoms with Crippen LogP contribution in [0.4, 0.5) is 0 Å². The Bertz CT molecular complexity index is 1580. The Kier molecular flexibility index (Phi) is 9.74. The fourth-order valence-corrected chi connectivity index (χ4v) is 5.00. The van der Waals surface area contributed by atoms with E-state index in [1.165, 1.54) is 22.3 Å². The van der Waals surface area contributed by atoms with Gasteiger partial charge in [0.25, 0.3) is 0 Å². The molecule has 0 amide bonds. The molecule has 0 fully saturated rings. The van der Waals surface area contributed by atoms with Gasteiger partial charge in [0.05, 0.1) is 0 Å². The quantitative estimate of drug-likeness (QED) is 0.162. The second-order valence-corrected chi connectivity index (χ2v) is 9.52. The van der Waals surface area contributed by atoms with Crippen molar-refractivity contribution in [3.63, 3.8) is 0 Å². The molecule has 2 aromatic heterocycles. The van der Waals surface area contributed by atoms with Gasteiger partial charge in [-0.2, -0.15) is 0 Å². The first kappa shape index (κ1) is 29.5. The van der Waals surface area contributed by atoms with E-state index in [2.05, 4.69) is 97.7 Å². The van der Waals surface area contributed by atoms with E-state index in [1.807, 2.05) is 54.9 Å². The summed E-state index contributed by atoms with van der Waals surface area (Å²) >= 11 is 0. The van der Waals surface area contributed by atoms with Crippen molar-refractivity contribution < 1.29 is 40.2 Å². The molecule has 6 rings (SSSR count). The van der Waals surface area contributed by atoms with Crippen LogP contribution in [0.5, 0.6) is 0 Å². The first-order valence-electron chi connectivity index (χ1n) is 12.7. The standard InChI is InChI=1S/C36H26N2.2Ir/c1-25-21-26(2)23-31(22-25)36-32(27-14-16-29(17-15-27)34-13-6-7-20-37-34)11-8-12-33(36)30-18-19-35(38-24-30)28-9-4-3-5-10-28;;/h3-9,11-16,18-24H,1-2H3;;/q-2;;. The Labute approximate surface area is 263 Å². The van der Waals surface area contributed by atoms with Gasteiger partial charge in [0.2, 0.25) is 0 Å². The van der Waals surface area contributed by atoms with Crippen molar-refractivity contribution in [1.29, 1.82) is 0 Å². The van der Waals surface area contributed by atoms with Crippen LogP contribution in [0.25, 0.3) is 55.9 Å². The average molecular weight is 871 g/mol. The first-order valence-corrected chi connectivity index (χ1v) is 12.7. The Morgan fingerprint density at radius 3 is 1.88 bits per heavy atom. The molecule has 200 valence electrons. The third-order valence-corrected chi connectivity index (χ3v) is 6.70. The second-order valence-electron chi connectivity index (χ2n) is 9.52. The molecule has 0 spiro atoms. The van der Waals surface area contributed by atoms with Gasteiger partial charge >= 0.3 is 0 Å². The molecule has 0 saturated carbocycles. The van der Waals surface area contributed by atoms with Gasteiger partial charge in [0, 0.05) is 52.6 Å². The normalized spacial score (nSPS) is 10.3. The minimum atomic E-state index is 0. The minimum Gasteiger partial charge on any atom is -0.305 e. The topological polar surface area (TPSA) is 25.8 Å². The number of hydrogen-bond acceptors (Lipinski definition) is 2. The van der Waals surface area contributed by atoms with Gasteiger partial charge in [-0.15, -0.1) is 65.7 Å². The maximum Gasteiger partial charge on any atom is 0.0239 e. The number of rotatable bonds is 5. The molecule has 0 atom stereocenters. The van der Waals surface area contributed by atoms with Crippen molar-refractivity contribution in [2.45, 2.75) is 13.8 Å². The molecule has 0 bridgehead atoms. The van der Waals surface area contributed by atoms with E-state index in [4.69, 9.17) is 4.98 Å². The zero-order valence-electron chi connectivity index (χ0n) is 22.1. The molecule has 0 unspecified atom stereocenters. The Morgan fingerprint density at radius 2 is 1.25 bits per heavy atom. The van der Waals surface area contributed by atoms with Crippen molar-refractivity contribution in [2.24, 2.45) is 0 Å². The van der Waals surface area contributed by atoms with Gasteiger partial charge in [-0.05, 0) is 53.6 Å². The van der Waals surface area contributed by atoms with Crippen LogP contribution >= 0.6 is 0 Å². The van der Waals surface area contributed by atoms with E-state index < -0.39 is 0 Å². The number of benzene rings is 4. The molecule has 40 heavy (non-hydrogen) atoms. The predicted molar refractivity (Wildman–Crippen MR) is 156 cm³/mol. The van der Waals surface area contributed by atoms with Gasteiger partial charge in [-0.1, -0.05) is 82.9 Å². The van der Waals surface area contributed by atoms with Gasteiger partial charge < -0.3 is 9.97 Å². The zero-order valence-corrected chi connectivity index (χ0v) is 26.9. The van der Waals surface area contributed by atoms with Crippen molar-refractivity contribution in [2.75, 3.05) is 0 Å². The average Bonchev–Trinajstić information content (AvgIpc) is 2.97. The Hall–Kier alpha value is -3.52. The summed E-state index contributed by atoms with van der Waals surface area (Å²) in [6.07, 6.45) is 3.78. The summed E-state index contributed by atoms with van der Waals surface area (Å²) in [6, 6.07) is 44.4. The van der Waals surface area contributed by atoms with Crippen molar-refractivity contribution in [3.8, 4) is 55.9 Å². The summed E-state index contributed by atoms with van der Waals surface area (Å²) in [7, 11) is 0. The van der Waals surface area contributed by atoms with E-state index in [0.717, 1.165) is 44.8 Å². The zero-order chi connectivity index (χ0) is 25.9.